The summed E-state index contributed by atoms with van der Waals surface area (Å²) in [6.45, 7) is 6.64. The van der Waals surface area contributed by atoms with E-state index in [9.17, 15) is 0 Å². The van der Waals surface area contributed by atoms with E-state index < -0.39 is 0 Å². The fourth-order valence-corrected chi connectivity index (χ4v) is 1.72. The molecule has 17 heavy (non-hydrogen) atoms. The van der Waals surface area contributed by atoms with Crippen LogP contribution in [0, 0.1) is 5.41 Å². The van der Waals surface area contributed by atoms with Gasteiger partial charge in [0.1, 0.15) is 11.9 Å². The Balaban J connectivity index is 3.11. The van der Waals surface area contributed by atoms with Crippen molar-refractivity contribution in [1.29, 1.82) is 0 Å². The molecule has 1 rings (SSSR count). The normalized spacial score (nSPS) is 13.7. The fraction of sp³-hybridized carbons (Fsp3) is 0.667. The molecule has 5 nitrogen and oxygen atoms in total. The number of anilines is 1. The van der Waals surface area contributed by atoms with Gasteiger partial charge in [0.05, 0.1) is 12.3 Å². The van der Waals surface area contributed by atoms with Crippen molar-refractivity contribution in [2.75, 3.05) is 20.0 Å². The molecular formula is C12H21N3O2. The summed E-state index contributed by atoms with van der Waals surface area (Å²) in [5.41, 5.74) is 6.44. The lowest BCUT2D eigenvalue weighted by Gasteiger charge is -2.28. The number of nitrogens with two attached hydrogens (primary N) is 1. The first-order chi connectivity index (χ1) is 7.88. The highest BCUT2D eigenvalue weighted by atomic mass is 16.5. The average molecular weight is 239 g/mol. The van der Waals surface area contributed by atoms with E-state index in [0.717, 1.165) is 5.69 Å². The van der Waals surface area contributed by atoms with Crippen molar-refractivity contribution < 1.29 is 9.47 Å². The molecule has 0 aliphatic heterocycles. The molecule has 1 atom stereocenters. The van der Waals surface area contributed by atoms with Gasteiger partial charge in [-0.05, 0) is 5.41 Å². The van der Waals surface area contributed by atoms with E-state index in [0.29, 0.717) is 18.2 Å². The van der Waals surface area contributed by atoms with E-state index >= 15 is 0 Å². The zero-order chi connectivity index (χ0) is 13.1. The van der Waals surface area contributed by atoms with Crippen molar-refractivity contribution >= 4 is 5.82 Å². The van der Waals surface area contributed by atoms with Gasteiger partial charge in [-0.3, -0.25) is 0 Å². The minimum atomic E-state index is -0.193. The number of hydrogen-bond donors (Lipinski definition) is 1. The predicted octanol–water partition coefficient (Wildman–Crippen LogP) is 1.94. The molecule has 0 aromatic carbocycles. The molecule has 2 N–H and O–H groups in total. The zero-order valence-electron chi connectivity index (χ0n) is 11.2. The molecule has 1 aromatic heterocycles. The monoisotopic (exact) mass is 239 g/mol. The van der Waals surface area contributed by atoms with Crippen molar-refractivity contribution in [3.05, 3.63) is 17.6 Å². The maximum Gasteiger partial charge on any atom is 0.160 e. The van der Waals surface area contributed by atoms with Crippen molar-refractivity contribution in [1.82, 2.24) is 9.97 Å². The Labute approximate surface area is 102 Å². The highest BCUT2D eigenvalue weighted by molar-refractivity contribution is 5.30. The number of rotatable bonds is 4. The van der Waals surface area contributed by atoms with E-state index in [2.05, 4.69) is 30.7 Å². The summed E-state index contributed by atoms with van der Waals surface area (Å²) in [6, 6.07) is 1.71. The van der Waals surface area contributed by atoms with Gasteiger partial charge in [0.2, 0.25) is 0 Å². The van der Waals surface area contributed by atoms with Crippen LogP contribution in [0.1, 0.15) is 38.4 Å². The van der Waals surface area contributed by atoms with Crippen molar-refractivity contribution in [2.45, 2.75) is 33.5 Å². The van der Waals surface area contributed by atoms with Gasteiger partial charge in [0, 0.05) is 20.3 Å². The quantitative estimate of drug-likeness (QED) is 0.869. The Morgan fingerprint density at radius 2 is 1.94 bits per heavy atom. The Morgan fingerprint density at radius 1 is 1.29 bits per heavy atom. The molecule has 96 valence electrons. The van der Waals surface area contributed by atoms with Gasteiger partial charge in [0.15, 0.2) is 5.82 Å². The van der Waals surface area contributed by atoms with E-state index in [1.54, 1.807) is 20.3 Å². The smallest absolute Gasteiger partial charge is 0.160 e. The van der Waals surface area contributed by atoms with E-state index in [-0.39, 0.29) is 11.5 Å². The SMILES string of the molecule is COCc1cc(N)nc(C(OC)C(C)(C)C)n1. The molecule has 0 fully saturated rings. The molecule has 0 radical (unpaired) electrons. The topological polar surface area (TPSA) is 70.3 Å². The number of aromatic nitrogens is 2. The summed E-state index contributed by atoms with van der Waals surface area (Å²) in [7, 11) is 3.27. The Bertz CT molecular complexity index is 375. The largest absolute Gasteiger partial charge is 0.384 e. The van der Waals surface area contributed by atoms with Gasteiger partial charge < -0.3 is 15.2 Å². The number of nitrogen functional groups attached to an aromatic ring is 1. The highest BCUT2D eigenvalue weighted by Gasteiger charge is 2.29. The molecule has 0 amide bonds. The van der Waals surface area contributed by atoms with Crippen LogP contribution in [0.2, 0.25) is 0 Å². The van der Waals surface area contributed by atoms with Crippen LogP contribution in [-0.2, 0) is 16.1 Å². The van der Waals surface area contributed by atoms with Crippen molar-refractivity contribution in [3.63, 3.8) is 0 Å². The van der Waals surface area contributed by atoms with Crippen LogP contribution in [0.5, 0.6) is 0 Å². The molecule has 0 aliphatic rings. The van der Waals surface area contributed by atoms with E-state index in [1.807, 2.05) is 0 Å². The maximum absolute atomic E-state index is 5.76. The zero-order valence-corrected chi connectivity index (χ0v) is 11.2. The van der Waals surface area contributed by atoms with Gasteiger partial charge in [-0.25, -0.2) is 9.97 Å². The van der Waals surface area contributed by atoms with Gasteiger partial charge >= 0.3 is 0 Å². The van der Waals surface area contributed by atoms with Crippen LogP contribution in [0.3, 0.4) is 0 Å². The van der Waals surface area contributed by atoms with Crippen LogP contribution in [0.25, 0.3) is 0 Å². The van der Waals surface area contributed by atoms with Gasteiger partial charge in [-0.1, -0.05) is 20.8 Å². The summed E-state index contributed by atoms with van der Waals surface area (Å²) in [4.78, 5) is 8.66. The average Bonchev–Trinajstić information content (AvgIpc) is 2.15. The van der Waals surface area contributed by atoms with Crippen LogP contribution in [0.4, 0.5) is 5.82 Å². The lowest BCUT2D eigenvalue weighted by atomic mass is 9.88. The molecular weight excluding hydrogens is 218 g/mol. The first-order valence-electron chi connectivity index (χ1n) is 5.53. The van der Waals surface area contributed by atoms with Crippen molar-refractivity contribution in [2.24, 2.45) is 5.41 Å². The second-order valence-corrected chi connectivity index (χ2v) is 5.06. The molecule has 5 heteroatoms. The van der Waals surface area contributed by atoms with Crippen LogP contribution >= 0.6 is 0 Å². The Hall–Kier alpha value is -1.20. The minimum absolute atomic E-state index is 0.0904. The third kappa shape index (κ3) is 3.64. The summed E-state index contributed by atoms with van der Waals surface area (Å²) in [6.07, 6.45) is -0.193. The van der Waals surface area contributed by atoms with Gasteiger partial charge in [-0.2, -0.15) is 0 Å². The summed E-state index contributed by atoms with van der Waals surface area (Å²) < 4.78 is 10.5. The van der Waals surface area contributed by atoms with Crippen LogP contribution in [0.15, 0.2) is 6.07 Å². The molecule has 0 aliphatic carbocycles. The summed E-state index contributed by atoms with van der Waals surface area (Å²) >= 11 is 0. The summed E-state index contributed by atoms with van der Waals surface area (Å²) in [5.74, 6) is 1.04. The molecule has 1 heterocycles. The second kappa shape index (κ2) is 5.42. The second-order valence-electron chi connectivity index (χ2n) is 5.06. The lowest BCUT2D eigenvalue weighted by Crippen LogP contribution is -2.23. The van der Waals surface area contributed by atoms with Gasteiger partial charge in [0.25, 0.3) is 0 Å². The number of methoxy groups -OCH3 is 2. The molecule has 0 spiro atoms. The first-order valence-corrected chi connectivity index (χ1v) is 5.53. The Kier molecular flexibility index (Phi) is 4.42. The molecule has 0 bridgehead atoms. The molecule has 0 saturated carbocycles. The van der Waals surface area contributed by atoms with E-state index in [1.165, 1.54) is 0 Å². The first kappa shape index (κ1) is 13.9. The minimum Gasteiger partial charge on any atom is -0.384 e. The third-order valence-electron chi connectivity index (χ3n) is 2.37. The molecule has 1 aromatic rings. The Morgan fingerprint density at radius 3 is 2.41 bits per heavy atom. The standard InChI is InChI=1S/C12H21N3O2/c1-12(2,3)10(17-5)11-14-8(7-16-4)6-9(13)15-11/h6,10H,7H2,1-5H3,(H2,13,14,15). The maximum atomic E-state index is 5.76. The van der Waals surface area contributed by atoms with Crippen molar-refractivity contribution in [3.8, 4) is 0 Å². The summed E-state index contributed by atoms with van der Waals surface area (Å²) in [5, 5.41) is 0. The predicted molar refractivity (Wildman–Crippen MR) is 66.4 cm³/mol. The number of ether oxygens (including phenoxy) is 2. The van der Waals surface area contributed by atoms with Crippen LogP contribution < -0.4 is 5.73 Å². The van der Waals surface area contributed by atoms with E-state index in [4.69, 9.17) is 15.2 Å². The lowest BCUT2D eigenvalue weighted by molar-refractivity contribution is 0.00837. The fourth-order valence-electron chi connectivity index (χ4n) is 1.72. The van der Waals surface area contributed by atoms with Gasteiger partial charge in [-0.15, -0.1) is 0 Å². The molecule has 1 unspecified atom stereocenters. The number of nitrogens with zero attached hydrogens (tertiary/aromatic N) is 2. The highest BCUT2D eigenvalue weighted by Crippen LogP contribution is 2.33. The third-order valence-corrected chi connectivity index (χ3v) is 2.37. The molecule has 0 saturated heterocycles. The number of hydrogen-bond acceptors (Lipinski definition) is 5. The van der Waals surface area contributed by atoms with Crippen LogP contribution in [-0.4, -0.2) is 24.2 Å².